The quantitative estimate of drug-likeness (QED) is 0.222. The molecule has 0 unspecified atom stereocenters. The summed E-state index contributed by atoms with van der Waals surface area (Å²) < 4.78 is 167. The van der Waals surface area contributed by atoms with Gasteiger partial charge in [0.1, 0.15) is 0 Å². The van der Waals surface area contributed by atoms with Crippen LogP contribution in [0.4, 0.5) is 0 Å². The van der Waals surface area contributed by atoms with Crippen LogP contribution in [0.5, 0.6) is 0 Å². The topological polar surface area (TPSA) is 9.86 Å². The van der Waals surface area contributed by atoms with E-state index in [-0.39, 0.29) is 20.6 Å². The van der Waals surface area contributed by atoms with Crippen LogP contribution in [0.1, 0.15) is 26.0 Å². The van der Waals surface area contributed by atoms with Crippen LogP contribution in [0, 0.1) is 0 Å². The molecular weight excluding hydrogens is 468 g/mol. The highest BCUT2D eigenvalue weighted by Crippen LogP contribution is 2.37. The summed E-state index contributed by atoms with van der Waals surface area (Å²) in [6.07, 6.45) is 0. The molecule has 0 bridgehead atoms. The highest BCUT2D eigenvalue weighted by atomic mass is 79.9. The number of hydrogen-bond acceptors (Lipinski definition) is 0. The molecule has 0 saturated heterocycles. The predicted molar refractivity (Wildman–Crippen MR) is 143 cm³/mol. The van der Waals surface area contributed by atoms with Crippen molar-refractivity contribution in [1.29, 1.82) is 0 Å². The maximum Gasteiger partial charge on any atom is 0.0652 e. The molecule has 0 saturated carbocycles. The van der Waals surface area contributed by atoms with Gasteiger partial charge in [0.05, 0.1) is 53.8 Å². The first-order chi connectivity index (χ1) is 24.2. The minimum absolute atomic E-state index is 0.263. The van der Waals surface area contributed by atoms with Crippen molar-refractivity contribution in [2.24, 2.45) is 0 Å². The minimum atomic E-state index is -0.840. The van der Waals surface area contributed by atoms with Crippen LogP contribution in [0.2, 0.25) is 0 Å². The molecule has 0 atom stereocenters. The number of halogens is 1. The smallest absolute Gasteiger partial charge is 0.0652 e. The third-order valence-electron chi connectivity index (χ3n) is 5.25. The van der Waals surface area contributed by atoms with E-state index in [1.165, 1.54) is 0 Å². The highest BCUT2D eigenvalue weighted by molar-refractivity contribution is 9.10. The molecule has 156 valence electrons. The predicted octanol–water partition coefficient (Wildman–Crippen LogP) is 8.64. The fraction of sp³-hybridized carbons (Fsp3) is 0. The molecule has 2 aromatic heterocycles. The molecule has 0 N–H and O–H groups in total. The Morgan fingerprint density at radius 2 is 0.970 bits per heavy atom. The summed E-state index contributed by atoms with van der Waals surface area (Å²) in [6.45, 7) is 0. The van der Waals surface area contributed by atoms with E-state index in [2.05, 4.69) is 15.9 Å². The van der Waals surface area contributed by atoms with Crippen LogP contribution in [0.25, 0.3) is 55.0 Å². The Kier molecular flexibility index (Phi) is 1.70. The van der Waals surface area contributed by atoms with Gasteiger partial charge in [-0.15, -0.1) is 0 Å². The minimum Gasteiger partial charge on any atom is -0.309 e. The lowest BCUT2D eigenvalue weighted by Crippen LogP contribution is -1.96. The number of rotatable bonds is 2. The van der Waals surface area contributed by atoms with Gasteiger partial charge in [-0.2, -0.15) is 0 Å². The van der Waals surface area contributed by atoms with Crippen molar-refractivity contribution in [2.45, 2.75) is 0 Å². The van der Waals surface area contributed by atoms with Crippen molar-refractivity contribution in [3.8, 4) is 11.4 Å². The second-order valence-electron chi connectivity index (χ2n) is 6.95. The summed E-state index contributed by atoms with van der Waals surface area (Å²) >= 11 is 3.18. The first-order valence-corrected chi connectivity index (χ1v) is 10.3. The standard InChI is InChI=1S/C30H19BrN2/c31-25-12-4-8-16-30(25)33-28-15-7-3-11-23(28)24-19-20(17-18-29(24)33)32-26-13-5-1-9-21(26)22-10-2-6-14-27(22)32/h1-19H/i1D,2D,3D,4D,5D,6D,7D,8D,9D,10D,11D,12D,13D,14D,15D,16D,17D,18D,19D. The Balaban J connectivity index is 1.86. The van der Waals surface area contributed by atoms with E-state index in [0.717, 1.165) is 9.13 Å². The average Bonchev–Trinajstić information content (AvgIpc) is 3.65. The van der Waals surface area contributed by atoms with E-state index in [4.69, 9.17) is 21.9 Å². The maximum absolute atomic E-state index is 9.58. The molecule has 3 heteroatoms. The first-order valence-electron chi connectivity index (χ1n) is 19.0. The van der Waals surface area contributed by atoms with Gasteiger partial charge in [0, 0.05) is 31.7 Å². The molecule has 33 heavy (non-hydrogen) atoms. The maximum atomic E-state index is 9.58. The van der Waals surface area contributed by atoms with Gasteiger partial charge in [0.2, 0.25) is 0 Å². The second-order valence-corrected chi connectivity index (χ2v) is 7.74. The zero-order chi connectivity index (χ0) is 38.5. The molecule has 0 fully saturated rings. The summed E-state index contributed by atoms with van der Waals surface area (Å²) in [5, 5.41) is -1.50. The van der Waals surface area contributed by atoms with Gasteiger partial charge in [-0.1, -0.05) is 66.5 Å². The number of aromatic nitrogens is 2. The largest absolute Gasteiger partial charge is 0.309 e. The number of nitrogens with zero attached hydrogens (tertiary/aromatic N) is 2. The molecule has 0 spiro atoms. The van der Waals surface area contributed by atoms with Gasteiger partial charge in [-0.25, -0.2) is 0 Å². The summed E-state index contributed by atoms with van der Waals surface area (Å²) in [5.41, 5.74) is -2.74. The fourth-order valence-electron chi connectivity index (χ4n) is 3.93. The molecule has 5 aromatic carbocycles. The van der Waals surface area contributed by atoms with E-state index < -0.39 is 154 Å². The summed E-state index contributed by atoms with van der Waals surface area (Å²) in [5.74, 6) is 0. The molecule has 0 radical (unpaired) electrons. The van der Waals surface area contributed by atoms with Crippen molar-refractivity contribution >= 4 is 59.5 Å². The van der Waals surface area contributed by atoms with Gasteiger partial charge in [-0.3, -0.25) is 0 Å². The van der Waals surface area contributed by atoms with E-state index in [1.807, 2.05) is 0 Å². The van der Waals surface area contributed by atoms with Gasteiger partial charge in [-0.05, 0) is 64.3 Å². The van der Waals surface area contributed by atoms with Crippen LogP contribution < -0.4 is 0 Å². The Hall–Kier alpha value is -3.82. The summed E-state index contributed by atoms with van der Waals surface area (Å²) in [6, 6.07) is -13.7. The average molecular weight is 507 g/mol. The van der Waals surface area contributed by atoms with Crippen molar-refractivity contribution in [3.63, 3.8) is 0 Å². The lowest BCUT2D eigenvalue weighted by atomic mass is 10.1. The molecule has 7 rings (SSSR count). The van der Waals surface area contributed by atoms with Gasteiger partial charge < -0.3 is 9.13 Å². The zero-order valence-electron chi connectivity index (χ0n) is 35.3. The van der Waals surface area contributed by atoms with Crippen LogP contribution in [-0.2, 0) is 0 Å². The zero-order valence-corrected chi connectivity index (χ0v) is 17.9. The summed E-state index contributed by atoms with van der Waals surface area (Å²) in [4.78, 5) is 0. The molecule has 0 aliphatic carbocycles. The first kappa shape index (κ1) is 7.89. The second kappa shape index (κ2) is 7.09. The highest BCUT2D eigenvalue weighted by Gasteiger charge is 2.16. The number of para-hydroxylation sites is 4. The molecular formula is C30H19BrN2. The Labute approximate surface area is 226 Å². The van der Waals surface area contributed by atoms with E-state index in [0.29, 0.717) is 0 Å². The van der Waals surface area contributed by atoms with E-state index in [9.17, 15) is 4.11 Å². The number of benzene rings is 5. The van der Waals surface area contributed by atoms with Crippen molar-refractivity contribution in [1.82, 2.24) is 9.13 Å². The van der Waals surface area contributed by atoms with Crippen molar-refractivity contribution in [3.05, 3.63) is 119 Å². The summed E-state index contributed by atoms with van der Waals surface area (Å²) in [7, 11) is 0. The van der Waals surface area contributed by atoms with Gasteiger partial charge in [0.25, 0.3) is 0 Å². The fourth-order valence-corrected chi connectivity index (χ4v) is 4.30. The molecule has 7 aromatic rings. The molecule has 2 heterocycles. The molecule has 2 nitrogen and oxygen atoms in total. The van der Waals surface area contributed by atoms with Crippen LogP contribution >= 0.6 is 15.9 Å². The lowest BCUT2D eigenvalue weighted by molar-refractivity contribution is 1.16. The number of fused-ring (bicyclic) bond motifs is 6. The Morgan fingerprint density at radius 3 is 1.64 bits per heavy atom. The van der Waals surface area contributed by atoms with Crippen LogP contribution in [0.15, 0.2) is 119 Å². The van der Waals surface area contributed by atoms with E-state index in [1.54, 1.807) is 0 Å². The Morgan fingerprint density at radius 1 is 0.485 bits per heavy atom. The van der Waals surface area contributed by atoms with Crippen molar-refractivity contribution in [2.75, 3.05) is 0 Å². The van der Waals surface area contributed by atoms with Gasteiger partial charge in [0.15, 0.2) is 0 Å². The third-order valence-corrected chi connectivity index (χ3v) is 5.82. The normalized spacial score (nSPS) is 19.8. The van der Waals surface area contributed by atoms with E-state index >= 15 is 0 Å². The Bertz CT molecular complexity index is 2750. The lowest BCUT2D eigenvalue weighted by Gasteiger charge is -2.11. The molecule has 0 amide bonds. The SMILES string of the molecule is [2H]c1c([2H])c([2H])c(-n2c3c([2H])c([2H])c([2H])c([2H])c3c3c([2H])c(-n4c5c([2H])c([2H])c([2H])c([2H])c5c5c([2H])c([2H])c([2H])c([2H])c54)c([2H])c([2H])c32)c(Br)c1[2H]. The number of hydrogen-bond donors (Lipinski definition) is 0. The van der Waals surface area contributed by atoms with Crippen LogP contribution in [0.3, 0.4) is 0 Å². The van der Waals surface area contributed by atoms with Crippen LogP contribution in [-0.4, -0.2) is 9.13 Å². The molecule has 0 aliphatic rings. The monoisotopic (exact) mass is 505 g/mol. The van der Waals surface area contributed by atoms with Gasteiger partial charge >= 0.3 is 0 Å². The molecule has 0 aliphatic heterocycles. The third kappa shape index (κ3) is 2.66. The van der Waals surface area contributed by atoms with Crippen molar-refractivity contribution < 1.29 is 26.0 Å².